The Labute approximate surface area is 141 Å². The number of rotatable bonds is 4. The molecule has 0 saturated carbocycles. The zero-order valence-corrected chi connectivity index (χ0v) is 13.5. The number of nitrogens with one attached hydrogen (secondary N) is 2. The van der Waals surface area contributed by atoms with Crippen molar-refractivity contribution in [2.45, 2.75) is 19.3 Å². The summed E-state index contributed by atoms with van der Waals surface area (Å²) < 4.78 is 0. The van der Waals surface area contributed by atoms with Crippen LogP contribution >= 0.6 is 0 Å². The molecule has 5 heteroatoms. The van der Waals surface area contributed by atoms with Crippen LogP contribution in [0.2, 0.25) is 0 Å². The lowest BCUT2D eigenvalue weighted by molar-refractivity contribution is 0.852. The predicted molar refractivity (Wildman–Crippen MR) is 95.7 cm³/mol. The molecule has 0 bridgehead atoms. The Balaban J connectivity index is 1.63. The summed E-state index contributed by atoms with van der Waals surface area (Å²) in [4.78, 5) is 13.5. The van der Waals surface area contributed by atoms with Crippen molar-refractivity contribution in [2.24, 2.45) is 0 Å². The molecule has 1 unspecified atom stereocenters. The minimum absolute atomic E-state index is 0.207. The van der Waals surface area contributed by atoms with Gasteiger partial charge in [0.1, 0.15) is 5.82 Å². The van der Waals surface area contributed by atoms with Crippen molar-refractivity contribution in [3.63, 3.8) is 0 Å². The first-order valence-electron chi connectivity index (χ1n) is 8.22. The van der Waals surface area contributed by atoms with Gasteiger partial charge in [0, 0.05) is 36.1 Å². The first-order valence-corrected chi connectivity index (χ1v) is 8.22. The van der Waals surface area contributed by atoms with E-state index in [1.807, 2.05) is 30.6 Å². The molecule has 1 atom stereocenters. The van der Waals surface area contributed by atoms with E-state index in [0.29, 0.717) is 5.95 Å². The van der Waals surface area contributed by atoms with Crippen LogP contribution in [0.3, 0.4) is 0 Å². The van der Waals surface area contributed by atoms with Crippen LogP contribution in [0.4, 0.5) is 17.5 Å². The number of aryl methyl sites for hydroxylation is 1. The molecular formula is C19H19N5. The van der Waals surface area contributed by atoms with Crippen molar-refractivity contribution >= 4 is 17.5 Å². The lowest BCUT2D eigenvalue weighted by atomic mass is 9.99. The standard InChI is InChI=1S/C19H19N5/c1-2-13-6-3-4-8-16(13)23-19-21-11-9-17(24-19)15-12-22-18-14(15)7-5-10-20-18/h3-11,15H,2,12H2,1H3,(H,20,22)(H,21,23,24). The predicted octanol–water partition coefficient (Wildman–Crippen LogP) is 3.74. The summed E-state index contributed by atoms with van der Waals surface area (Å²) in [5.41, 5.74) is 4.50. The van der Waals surface area contributed by atoms with Gasteiger partial charge in [-0.15, -0.1) is 0 Å². The van der Waals surface area contributed by atoms with Crippen LogP contribution in [-0.2, 0) is 6.42 Å². The van der Waals surface area contributed by atoms with E-state index in [0.717, 1.165) is 30.2 Å². The molecule has 0 spiro atoms. The molecule has 3 aromatic rings. The molecule has 1 aromatic carbocycles. The van der Waals surface area contributed by atoms with Gasteiger partial charge in [-0.25, -0.2) is 15.0 Å². The molecule has 24 heavy (non-hydrogen) atoms. The second kappa shape index (κ2) is 6.28. The number of hydrogen-bond donors (Lipinski definition) is 2. The second-order valence-corrected chi connectivity index (χ2v) is 5.82. The van der Waals surface area contributed by atoms with Gasteiger partial charge in [-0.2, -0.15) is 0 Å². The van der Waals surface area contributed by atoms with Crippen LogP contribution < -0.4 is 10.6 Å². The molecular weight excluding hydrogens is 298 g/mol. The van der Waals surface area contributed by atoms with Crippen LogP contribution in [0.1, 0.15) is 29.7 Å². The summed E-state index contributed by atoms with van der Waals surface area (Å²) >= 11 is 0. The van der Waals surface area contributed by atoms with E-state index < -0.39 is 0 Å². The third-order valence-corrected chi connectivity index (χ3v) is 4.37. The van der Waals surface area contributed by atoms with Gasteiger partial charge >= 0.3 is 0 Å². The van der Waals surface area contributed by atoms with Crippen LogP contribution in [-0.4, -0.2) is 21.5 Å². The fraction of sp³-hybridized carbons (Fsp3) is 0.211. The fourth-order valence-electron chi connectivity index (χ4n) is 3.12. The SMILES string of the molecule is CCc1ccccc1Nc1nccc(C2CNc3ncccc32)n1. The molecule has 2 N–H and O–H groups in total. The molecule has 1 aliphatic heterocycles. The quantitative estimate of drug-likeness (QED) is 0.767. The van der Waals surface area contributed by atoms with Gasteiger partial charge in [0.15, 0.2) is 0 Å². The average Bonchev–Trinajstić information content (AvgIpc) is 3.06. The number of fused-ring (bicyclic) bond motifs is 1. The summed E-state index contributed by atoms with van der Waals surface area (Å²) in [6, 6.07) is 14.3. The third-order valence-electron chi connectivity index (χ3n) is 4.37. The van der Waals surface area contributed by atoms with Crippen LogP contribution in [0.5, 0.6) is 0 Å². The molecule has 120 valence electrons. The number of aromatic nitrogens is 3. The summed E-state index contributed by atoms with van der Waals surface area (Å²) in [7, 11) is 0. The van der Waals surface area contributed by atoms with Gasteiger partial charge in [0.25, 0.3) is 0 Å². The molecule has 1 aliphatic rings. The summed E-state index contributed by atoms with van der Waals surface area (Å²) in [6.45, 7) is 2.96. The first-order chi connectivity index (χ1) is 11.8. The molecule has 5 nitrogen and oxygen atoms in total. The maximum absolute atomic E-state index is 4.73. The maximum Gasteiger partial charge on any atom is 0.227 e. The maximum atomic E-state index is 4.73. The highest BCUT2D eigenvalue weighted by molar-refractivity contribution is 5.59. The average molecular weight is 317 g/mol. The number of anilines is 3. The largest absolute Gasteiger partial charge is 0.369 e. The lowest BCUT2D eigenvalue weighted by Crippen LogP contribution is -2.08. The summed E-state index contributed by atoms with van der Waals surface area (Å²) in [6.07, 6.45) is 4.59. The van der Waals surface area contributed by atoms with E-state index in [-0.39, 0.29) is 5.92 Å². The zero-order valence-electron chi connectivity index (χ0n) is 13.5. The lowest BCUT2D eigenvalue weighted by Gasteiger charge is -2.13. The Kier molecular flexibility index (Phi) is 3.83. The minimum atomic E-state index is 0.207. The number of pyridine rings is 1. The van der Waals surface area contributed by atoms with Crippen LogP contribution in [0, 0.1) is 0 Å². The fourth-order valence-corrected chi connectivity index (χ4v) is 3.12. The molecule has 2 aromatic heterocycles. The summed E-state index contributed by atoms with van der Waals surface area (Å²) in [5.74, 6) is 1.79. The molecule has 0 aliphatic carbocycles. The highest BCUT2D eigenvalue weighted by Gasteiger charge is 2.25. The van der Waals surface area contributed by atoms with E-state index in [1.54, 1.807) is 0 Å². The third kappa shape index (κ3) is 2.69. The Hall–Kier alpha value is -2.95. The van der Waals surface area contributed by atoms with Gasteiger partial charge in [0.2, 0.25) is 5.95 Å². The molecule has 0 amide bonds. The van der Waals surface area contributed by atoms with E-state index >= 15 is 0 Å². The molecule has 4 rings (SSSR count). The Morgan fingerprint density at radius 3 is 2.92 bits per heavy atom. The van der Waals surface area contributed by atoms with E-state index in [1.165, 1.54) is 11.1 Å². The second-order valence-electron chi connectivity index (χ2n) is 5.82. The topological polar surface area (TPSA) is 62.7 Å². The number of hydrogen-bond acceptors (Lipinski definition) is 5. The van der Waals surface area contributed by atoms with Gasteiger partial charge in [-0.3, -0.25) is 0 Å². The molecule has 0 fully saturated rings. The Morgan fingerprint density at radius 2 is 2.00 bits per heavy atom. The number of nitrogens with zero attached hydrogens (tertiary/aromatic N) is 3. The highest BCUT2D eigenvalue weighted by Crippen LogP contribution is 2.33. The summed E-state index contributed by atoms with van der Waals surface area (Å²) in [5, 5.41) is 6.70. The first kappa shape index (κ1) is 14.6. The smallest absolute Gasteiger partial charge is 0.227 e. The molecule has 0 saturated heterocycles. The van der Waals surface area contributed by atoms with Gasteiger partial charge in [-0.1, -0.05) is 31.2 Å². The number of para-hydroxylation sites is 1. The minimum Gasteiger partial charge on any atom is -0.369 e. The van der Waals surface area contributed by atoms with Crippen molar-refractivity contribution in [3.8, 4) is 0 Å². The molecule has 3 heterocycles. The van der Waals surface area contributed by atoms with Gasteiger partial charge in [0.05, 0.1) is 5.69 Å². The van der Waals surface area contributed by atoms with Gasteiger partial charge in [-0.05, 0) is 30.2 Å². The van der Waals surface area contributed by atoms with Crippen molar-refractivity contribution in [3.05, 3.63) is 71.7 Å². The van der Waals surface area contributed by atoms with E-state index in [9.17, 15) is 0 Å². The van der Waals surface area contributed by atoms with Crippen molar-refractivity contribution in [2.75, 3.05) is 17.2 Å². The van der Waals surface area contributed by atoms with Crippen LogP contribution in [0.15, 0.2) is 54.9 Å². The zero-order chi connectivity index (χ0) is 16.4. The number of benzene rings is 1. The highest BCUT2D eigenvalue weighted by atomic mass is 15.1. The van der Waals surface area contributed by atoms with Crippen molar-refractivity contribution in [1.82, 2.24) is 15.0 Å². The van der Waals surface area contributed by atoms with E-state index in [4.69, 9.17) is 4.98 Å². The monoisotopic (exact) mass is 317 g/mol. The van der Waals surface area contributed by atoms with Crippen molar-refractivity contribution in [1.29, 1.82) is 0 Å². The van der Waals surface area contributed by atoms with Crippen molar-refractivity contribution < 1.29 is 0 Å². The Bertz CT molecular complexity index is 862. The van der Waals surface area contributed by atoms with Gasteiger partial charge < -0.3 is 10.6 Å². The van der Waals surface area contributed by atoms with Crippen LogP contribution in [0.25, 0.3) is 0 Å². The molecule has 0 radical (unpaired) electrons. The Morgan fingerprint density at radius 1 is 1.08 bits per heavy atom. The normalized spacial score (nSPS) is 15.6. The van der Waals surface area contributed by atoms with E-state index in [2.05, 4.69) is 51.8 Å².